The highest BCUT2D eigenvalue weighted by atomic mass is 32.2. The van der Waals surface area contributed by atoms with E-state index in [0.717, 1.165) is 15.9 Å². The monoisotopic (exact) mass is 380 g/mol. The fourth-order valence-corrected chi connectivity index (χ4v) is 3.67. The summed E-state index contributed by atoms with van der Waals surface area (Å²) in [5, 5.41) is 14.9. The summed E-state index contributed by atoms with van der Waals surface area (Å²) in [6, 6.07) is 20.1. The molecule has 0 bridgehead atoms. The van der Waals surface area contributed by atoms with Crippen molar-refractivity contribution in [2.75, 3.05) is 12.4 Å². The Morgan fingerprint density at radius 1 is 1.11 bits per heavy atom. The predicted molar refractivity (Wildman–Crippen MR) is 107 cm³/mol. The first-order chi connectivity index (χ1) is 13.1. The van der Waals surface area contributed by atoms with E-state index in [1.54, 1.807) is 25.3 Å². The molecule has 0 saturated carbocycles. The number of pyridine rings is 1. The zero-order valence-corrected chi connectivity index (χ0v) is 15.9. The lowest BCUT2D eigenvalue weighted by atomic mass is 10.1. The molecule has 0 saturated heterocycles. The number of carbonyl (C=O) groups excluding carboxylic acids is 1. The maximum atomic E-state index is 13.1. The summed E-state index contributed by atoms with van der Waals surface area (Å²) in [4.78, 5) is 13.1. The Labute approximate surface area is 162 Å². The first kappa shape index (κ1) is 18.8. The second-order valence-electron chi connectivity index (χ2n) is 5.97. The number of methoxy groups -OCH3 is 1. The highest BCUT2D eigenvalue weighted by Gasteiger charge is 2.26. The van der Waals surface area contributed by atoms with Crippen LogP contribution in [0.4, 0.5) is 5.69 Å². The van der Waals surface area contributed by atoms with Crippen LogP contribution in [0, 0.1) is 12.1 Å². The third-order valence-electron chi connectivity index (χ3n) is 3.98. The Morgan fingerprint density at radius 2 is 1.85 bits per heavy atom. The summed E-state index contributed by atoms with van der Waals surface area (Å²) in [6.07, 6.45) is 1.42. The zero-order chi connectivity index (χ0) is 19.2. The summed E-state index contributed by atoms with van der Waals surface area (Å²) in [5.74, 6) is 0.364. The highest BCUT2D eigenvalue weighted by Crippen LogP contribution is 2.35. The van der Waals surface area contributed by atoms with Gasteiger partial charge in [0, 0.05) is 12.1 Å². The van der Waals surface area contributed by atoms with Gasteiger partial charge in [0.2, 0.25) is 5.91 Å². The van der Waals surface area contributed by atoms with Gasteiger partial charge in [-0.2, -0.15) is 4.73 Å². The first-order valence-corrected chi connectivity index (χ1v) is 9.32. The largest absolute Gasteiger partial charge is 0.618 e. The van der Waals surface area contributed by atoms with E-state index < -0.39 is 5.25 Å². The van der Waals surface area contributed by atoms with Crippen molar-refractivity contribution in [3.63, 3.8) is 0 Å². The van der Waals surface area contributed by atoms with Gasteiger partial charge in [0.25, 0.3) is 5.03 Å². The number of nitrogens with zero attached hydrogens (tertiary/aromatic N) is 1. The predicted octanol–water partition coefficient (Wildman–Crippen LogP) is 4.11. The van der Waals surface area contributed by atoms with Crippen molar-refractivity contribution >= 4 is 23.4 Å². The van der Waals surface area contributed by atoms with Gasteiger partial charge in [0.15, 0.2) is 6.20 Å². The number of benzene rings is 2. The lowest BCUT2D eigenvalue weighted by Gasteiger charge is -2.18. The molecule has 27 heavy (non-hydrogen) atoms. The van der Waals surface area contributed by atoms with Crippen molar-refractivity contribution in [1.29, 1.82) is 0 Å². The number of aromatic nitrogens is 1. The van der Waals surface area contributed by atoms with Gasteiger partial charge in [0.05, 0.1) is 12.8 Å². The average molecular weight is 380 g/mol. The molecule has 0 unspecified atom stereocenters. The van der Waals surface area contributed by atoms with Gasteiger partial charge in [-0.1, -0.05) is 36.4 Å². The maximum absolute atomic E-state index is 13.1. The Bertz CT molecular complexity index is 932. The maximum Gasteiger partial charge on any atom is 0.252 e. The van der Waals surface area contributed by atoms with Gasteiger partial charge >= 0.3 is 0 Å². The van der Waals surface area contributed by atoms with Crippen LogP contribution in [-0.4, -0.2) is 13.0 Å². The van der Waals surface area contributed by atoms with Crippen LogP contribution in [0.15, 0.2) is 78.0 Å². The van der Waals surface area contributed by atoms with Gasteiger partial charge in [-0.25, -0.2) is 0 Å². The molecule has 0 radical (unpaired) electrons. The third-order valence-corrected chi connectivity index (χ3v) is 5.26. The summed E-state index contributed by atoms with van der Waals surface area (Å²) in [5.41, 5.74) is 2.43. The molecule has 1 aromatic heterocycles. The minimum atomic E-state index is -0.584. The molecular weight excluding hydrogens is 360 g/mol. The molecule has 2 aromatic carbocycles. The second kappa shape index (κ2) is 8.60. The molecule has 1 heterocycles. The Hall–Kier alpha value is -2.99. The molecular formula is C21H20N2O3S. The van der Waals surface area contributed by atoms with E-state index in [1.807, 2.05) is 55.5 Å². The number of amides is 1. The number of carbonyl (C=O) groups is 1. The zero-order valence-electron chi connectivity index (χ0n) is 15.1. The summed E-state index contributed by atoms with van der Waals surface area (Å²) >= 11 is 1.21. The van der Waals surface area contributed by atoms with Crippen molar-refractivity contribution < 1.29 is 14.3 Å². The van der Waals surface area contributed by atoms with Crippen molar-refractivity contribution in [2.24, 2.45) is 0 Å². The number of hydrogen-bond donors (Lipinski definition) is 1. The molecule has 6 heteroatoms. The number of aryl methyl sites for hydroxylation is 1. The molecule has 1 atom stereocenters. The van der Waals surface area contributed by atoms with Crippen LogP contribution in [0.5, 0.6) is 5.75 Å². The average Bonchev–Trinajstić information content (AvgIpc) is 2.68. The number of anilines is 1. The van der Waals surface area contributed by atoms with Gasteiger partial charge in [-0.15, -0.1) is 0 Å². The number of rotatable bonds is 6. The molecule has 1 amide bonds. The van der Waals surface area contributed by atoms with Crippen LogP contribution in [0.3, 0.4) is 0 Å². The van der Waals surface area contributed by atoms with E-state index in [9.17, 15) is 10.0 Å². The molecule has 0 aliphatic heterocycles. The van der Waals surface area contributed by atoms with Gasteiger partial charge < -0.3 is 15.3 Å². The third kappa shape index (κ3) is 4.60. The van der Waals surface area contributed by atoms with Crippen LogP contribution in [0.2, 0.25) is 0 Å². The molecule has 0 spiro atoms. The van der Waals surface area contributed by atoms with Crippen molar-refractivity contribution in [3.05, 3.63) is 89.3 Å². The Kier molecular flexibility index (Phi) is 5.98. The summed E-state index contributed by atoms with van der Waals surface area (Å²) in [6.45, 7) is 1.95. The topological polar surface area (TPSA) is 65.3 Å². The smallest absolute Gasteiger partial charge is 0.252 e. The molecule has 0 fully saturated rings. The van der Waals surface area contributed by atoms with Crippen LogP contribution >= 0.6 is 11.8 Å². The molecule has 3 rings (SSSR count). The number of thioether (sulfide) groups is 1. The van der Waals surface area contributed by atoms with E-state index in [1.165, 1.54) is 18.0 Å². The van der Waals surface area contributed by atoms with E-state index in [-0.39, 0.29) is 5.91 Å². The van der Waals surface area contributed by atoms with Gasteiger partial charge in [-0.3, -0.25) is 4.79 Å². The SMILES string of the molecule is COc1ccc(C)cc1NC(=O)[C@H](Sc1cccc[n+]1[O-])c1ccccc1. The van der Waals surface area contributed by atoms with E-state index >= 15 is 0 Å². The Balaban J connectivity index is 1.92. The lowest BCUT2D eigenvalue weighted by Crippen LogP contribution is -2.29. The molecule has 0 aliphatic carbocycles. The Morgan fingerprint density at radius 3 is 2.56 bits per heavy atom. The van der Waals surface area contributed by atoms with Crippen LogP contribution in [-0.2, 0) is 4.79 Å². The number of ether oxygens (including phenoxy) is 1. The first-order valence-electron chi connectivity index (χ1n) is 8.44. The van der Waals surface area contributed by atoms with Crippen LogP contribution in [0.1, 0.15) is 16.4 Å². The number of hydrogen-bond acceptors (Lipinski definition) is 4. The molecule has 3 aromatic rings. The standard InChI is InChI=1S/C21H20N2O3S/c1-15-11-12-18(26-2)17(14-15)22-21(24)20(16-8-4-3-5-9-16)27-19-10-6-7-13-23(19)25/h3-14,20H,1-2H3,(H,22,24)/t20-/m1/s1. The van der Waals surface area contributed by atoms with Gasteiger partial charge in [-0.05, 0) is 48.0 Å². The fourth-order valence-electron chi connectivity index (χ4n) is 2.64. The summed E-state index contributed by atoms with van der Waals surface area (Å²) in [7, 11) is 1.56. The minimum absolute atomic E-state index is 0.223. The highest BCUT2D eigenvalue weighted by molar-refractivity contribution is 8.00. The van der Waals surface area contributed by atoms with E-state index in [4.69, 9.17) is 4.74 Å². The van der Waals surface area contributed by atoms with Crippen LogP contribution < -0.4 is 14.8 Å². The molecule has 1 N–H and O–H groups in total. The molecule has 138 valence electrons. The minimum Gasteiger partial charge on any atom is -0.618 e. The fraction of sp³-hybridized carbons (Fsp3) is 0.143. The van der Waals surface area contributed by atoms with E-state index in [2.05, 4.69) is 5.32 Å². The lowest BCUT2D eigenvalue weighted by molar-refractivity contribution is -0.645. The summed E-state index contributed by atoms with van der Waals surface area (Å²) < 4.78 is 6.11. The molecule has 0 aliphatic rings. The van der Waals surface area contributed by atoms with Crippen molar-refractivity contribution in [1.82, 2.24) is 0 Å². The quantitative estimate of drug-likeness (QED) is 0.397. The van der Waals surface area contributed by atoms with E-state index in [0.29, 0.717) is 16.5 Å². The second-order valence-corrected chi connectivity index (χ2v) is 7.09. The molecule has 5 nitrogen and oxygen atoms in total. The van der Waals surface area contributed by atoms with Crippen molar-refractivity contribution in [3.8, 4) is 5.75 Å². The number of nitrogens with one attached hydrogen (secondary N) is 1. The van der Waals surface area contributed by atoms with Crippen LogP contribution in [0.25, 0.3) is 0 Å². The normalized spacial score (nSPS) is 11.6. The van der Waals surface area contributed by atoms with Crippen molar-refractivity contribution in [2.45, 2.75) is 17.2 Å². The van der Waals surface area contributed by atoms with Gasteiger partial charge in [0.1, 0.15) is 11.0 Å².